The summed E-state index contributed by atoms with van der Waals surface area (Å²) in [4.78, 5) is 0. The highest BCUT2D eigenvalue weighted by atomic mass is 32.2. The molecule has 0 aliphatic heterocycles. The zero-order valence-corrected chi connectivity index (χ0v) is 9.94. The van der Waals surface area contributed by atoms with Gasteiger partial charge in [-0.1, -0.05) is 20.8 Å². The van der Waals surface area contributed by atoms with Gasteiger partial charge in [-0.15, -0.1) is 0 Å². The SMILES string of the molecule is CC(C)CSC1CC(C)CCC1N. The van der Waals surface area contributed by atoms with Gasteiger partial charge in [-0.05, 0) is 36.9 Å². The van der Waals surface area contributed by atoms with Gasteiger partial charge in [-0.25, -0.2) is 0 Å². The summed E-state index contributed by atoms with van der Waals surface area (Å²) in [7, 11) is 0. The summed E-state index contributed by atoms with van der Waals surface area (Å²) in [5.74, 6) is 2.96. The zero-order chi connectivity index (χ0) is 9.84. The standard InChI is InChI=1S/C11H23NS/c1-8(2)7-13-11-6-9(3)4-5-10(11)12/h8-11H,4-7,12H2,1-3H3. The van der Waals surface area contributed by atoms with Gasteiger partial charge in [-0.2, -0.15) is 11.8 Å². The van der Waals surface area contributed by atoms with Gasteiger partial charge in [0.15, 0.2) is 0 Å². The minimum atomic E-state index is 0.458. The molecule has 0 heterocycles. The van der Waals surface area contributed by atoms with Crippen LogP contribution in [0.3, 0.4) is 0 Å². The molecule has 0 aromatic carbocycles. The van der Waals surface area contributed by atoms with Crippen molar-refractivity contribution in [3.05, 3.63) is 0 Å². The van der Waals surface area contributed by atoms with Gasteiger partial charge in [0.05, 0.1) is 0 Å². The summed E-state index contributed by atoms with van der Waals surface area (Å²) in [6.45, 7) is 6.92. The summed E-state index contributed by atoms with van der Waals surface area (Å²) >= 11 is 2.09. The van der Waals surface area contributed by atoms with E-state index in [2.05, 4.69) is 32.5 Å². The first-order valence-corrected chi connectivity index (χ1v) is 6.51. The van der Waals surface area contributed by atoms with Gasteiger partial charge < -0.3 is 5.73 Å². The third-order valence-electron chi connectivity index (χ3n) is 2.75. The summed E-state index contributed by atoms with van der Waals surface area (Å²) in [5, 5.41) is 0.728. The van der Waals surface area contributed by atoms with Crippen molar-refractivity contribution in [1.82, 2.24) is 0 Å². The Morgan fingerprint density at radius 1 is 1.38 bits per heavy atom. The molecule has 0 aromatic rings. The van der Waals surface area contributed by atoms with Crippen LogP contribution in [0.1, 0.15) is 40.0 Å². The Kier molecular flexibility index (Phi) is 4.60. The van der Waals surface area contributed by atoms with Gasteiger partial charge >= 0.3 is 0 Å². The summed E-state index contributed by atoms with van der Waals surface area (Å²) in [6, 6.07) is 0.458. The molecule has 1 fully saturated rings. The number of nitrogens with two attached hydrogens (primary N) is 1. The molecule has 0 bridgehead atoms. The molecule has 0 spiro atoms. The van der Waals surface area contributed by atoms with E-state index in [4.69, 9.17) is 5.73 Å². The highest BCUT2D eigenvalue weighted by Crippen LogP contribution is 2.32. The van der Waals surface area contributed by atoms with Crippen molar-refractivity contribution in [2.45, 2.75) is 51.3 Å². The summed E-state index contributed by atoms with van der Waals surface area (Å²) in [5.41, 5.74) is 6.11. The fraction of sp³-hybridized carbons (Fsp3) is 1.00. The molecule has 1 aliphatic rings. The highest BCUT2D eigenvalue weighted by Gasteiger charge is 2.26. The number of hydrogen-bond acceptors (Lipinski definition) is 2. The predicted octanol–water partition coefficient (Wildman–Crippen LogP) is 2.89. The van der Waals surface area contributed by atoms with Crippen LogP contribution in [0.4, 0.5) is 0 Å². The van der Waals surface area contributed by atoms with Gasteiger partial charge in [0, 0.05) is 11.3 Å². The van der Waals surface area contributed by atoms with Gasteiger partial charge in [0.1, 0.15) is 0 Å². The van der Waals surface area contributed by atoms with Crippen LogP contribution in [0, 0.1) is 11.8 Å². The predicted molar refractivity (Wildman–Crippen MR) is 62.1 cm³/mol. The van der Waals surface area contributed by atoms with E-state index in [0.717, 1.165) is 17.1 Å². The fourth-order valence-corrected chi connectivity index (χ4v) is 3.34. The van der Waals surface area contributed by atoms with E-state index in [1.165, 1.54) is 25.0 Å². The third kappa shape index (κ3) is 3.90. The quantitative estimate of drug-likeness (QED) is 0.760. The van der Waals surface area contributed by atoms with Crippen molar-refractivity contribution in [3.8, 4) is 0 Å². The van der Waals surface area contributed by atoms with Crippen LogP contribution in [-0.4, -0.2) is 17.0 Å². The highest BCUT2D eigenvalue weighted by molar-refractivity contribution is 7.99. The van der Waals surface area contributed by atoms with E-state index in [1.54, 1.807) is 0 Å². The molecule has 0 radical (unpaired) electrons. The molecule has 3 atom stereocenters. The average Bonchev–Trinajstić information content (AvgIpc) is 2.06. The van der Waals surface area contributed by atoms with Crippen molar-refractivity contribution in [2.24, 2.45) is 17.6 Å². The van der Waals surface area contributed by atoms with Crippen LogP contribution in [-0.2, 0) is 0 Å². The van der Waals surface area contributed by atoms with Crippen LogP contribution in [0.2, 0.25) is 0 Å². The maximum Gasteiger partial charge on any atom is 0.0201 e. The molecule has 1 saturated carbocycles. The van der Waals surface area contributed by atoms with Gasteiger partial charge in [0.25, 0.3) is 0 Å². The second kappa shape index (κ2) is 5.26. The molecule has 3 unspecified atom stereocenters. The van der Waals surface area contributed by atoms with Crippen LogP contribution in [0.5, 0.6) is 0 Å². The normalized spacial score (nSPS) is 35.3. The Balaban J connectivity index is 2.29. The van der Waals surface area contributed by atoms with Crippen molar-refractivity contribution in [2.75, 3.05) is 5.75 Å². The van der Waals surface area contributed by atoms with Crippen LogP contribution < -0.4 is 5.73 Å². The first kappa shape index (κ1) is 11.4. The Hall–Kier alpha value is 0.310. The molecule has 0 aromatic heterocycles. The lowest BCUT2D eigenvalue weighted by Crippen LogP contribution is -2.38. The first-order chi connectivity index (χ1) is 6.09. The lowest BCUT2D eigenvalue weighted by atomic mass is 9.87. The van der Waals surface area contributed by atoms with Gasteiger partial charge in [0.2, 0.25) is 0 Å². The van der Waals surface area contributed by atoms with Crippen LogP contribution >= 0.6 is 11.8 Å². The third-order valence-corrected chi connectivity index (χ3v) is 4.58. The lowest BCUT2D eigenvalue weighted by Gasteiger charge is -2.32. The van der Waals surface area contributed by atoms with Gasteiger partial charge in [-0.3, -0.25) is 0 Å². The van der Waals surface area contributed by atoms with E-state index in [-0.39, 0.29) is 0 Å². The molecule has 1 aliphatic carbocycles. The second-order valence-corrected chi connectivity index (χ2v) is 6.12. The molecule has 0 amide bonds. The van der Waals surface area contributed by atoms with Crippen molar-refractivity contribution in [1.29, 1.82) is 0 Å². The molecular formula is C11H23NS. The smallest absolute Gasteiger partial charge is 0.0201 e. The Bertz CT molecular complexity index is 147. The van der Waals surface area contributed by atoms with Crippen molar-refractivity contribution < 1.29 is 0 Å². The Labute approximate surface area is 86.8 Å². The Morgan fingerprint density at radius 2 is 2.08 bits per heavy atom. The second-order valence-electron chi connectivity index (χ2n) is 4.85. The topological polar surface area (TPSA) is 26.0 Å². The van der Waals surface area contributed by atoms with E-state index in [0.29, 0.717) is 6.04 Å². The van der Waals surface area contributed by atoms with Crippen molar-refractivity contribution >= 4 is 11.8 Å². The maximum atomic E-state index is 6.11. The molecule has 0 saturated heterocycles. The van der Waals surface area contributed by atoms with E-state index in [9.17, 15) is 0 Å². The minimum absolute atomic E-state index is 0.458. The number of thioether (sulfide) groups is 1. The summed E-state index contributed by atoms with van der Waals surface area (Å²) in [6.07, 6.45) is 3.90. The van der Waals surface area contributed by atoms with Crippen LogP contribution in [0.25, 0.3) is 0 Å². The lowest BCUT2D eigenvalue weighted by molar-refractivity contribution is 0.357. The van der Waals surface area contributed by atoms with E-state index < -0.39 is 0 Å². The first-order valence-electron chi connectivity index (χ1n) is 5.46. The Morgan fingerprint density at radius 3 is 2.69 bits per heavy atom. The average molecular weight is 201 g/mol. The number of rotatable bonds is 3. The molecule has 13 heavy (non-hydrogen) atoms. The maximum absolute atomic E-state index is 6.11. The zero-order valence-electron chi connectivity index (χ0n) is 9.12. The summed E-state index contributed by atoms with van der Waals surface area (Å²) < 4.78 is 0. The van der Waals surface area contributed by atoms with Crippen molar-refractivity contribution in [3.63, 3.8) is 0 Å². The monoisotopic (exact) mass is 201 g/mol. The van der Waals surface area contributed by atoms with E-state index >= 15 is 0 Å². The number of hydrogen-bond donors (Lipinski definition) is 1. The molecule has 1 rings (SSSR count). The molecule has 2 heteroatoms. The van der Waals surface area contributed by atoms with Crippen LogP contribution in [0.15, 0.2) is 0 Å². The molecule has 78 valence electrons. The fourth-order valence-electron chi connectivity index (χ4n) is 1.86. The largest absolute Gasteiger partial charge is 0.327 e. The molecule has 2 N–H and O–H groups in total. The molecular weight excluding hydrogens is 178 g/mol. The molecule has 1 nitrogen and oxygen atoms in total. The van der Waals surface area contributed by atoms with E-state index in [1.807, 2.05) is 0 Å². The minimum Gasteiger partial charge on any atom is -0.327 e.